The van der Waals surface area contributed by atoms with Gasteiger partial charge >= 0.3 is 0 Å². The van der Waals surface area contributed by atoms with Crippen molar-refractivity contribution in [2.75, 3.05) is 0 Å². The minimum absolute atomic E-state index is 0.259. The second-order valence-electron chi connectivity index (χ2n) is 4.02. The Morgan fingerprint density at radius 1 is 1.57 bits per heavy atom. The number of hydrogen-bond donors (Lipinski definition) is 1. The zero-order valence-electron chi connectivity index (χ0n) is 9.27. The molecule has 1 aromatic rings. The minimum atomic E-state index is -0.259. The highest BCUT2D eigenvalue weighted by Gasteiger charge is 2.14. The lowest BCUT2D eigenvalue weighted by Crippen LogP contribution is -2.20. The molecule has 2 unspecified atom stereocenters. The molecule has 14 heavy (non-hydrogen) atoms. The van der Waals surface area contributed by atoms with Crippen LogP contribution in [0.1, 0.15) is 32.4 Å². The first-order valence-electron chi connectivity index (χ1n) is 5.30. The molecule has 80 valence electrons. The van der Waals surface area contributed by atoms with E-state index in [0.29, 0.717) is 12.3 Å². The SMILES string of the molecule is CCCC(C)C(O)Cc1ccn(C)n1. The Bertz CT molecular complexity index is 270. The Labute approximate surface area is 85.8 Å². The molecule has 3 nitrogen and oxygen atoms in total. The summed E-state index contributed by atoms with van der Waals surface area (Å²) in [6, 6.07) is 1.96. The van der Waals surface area contributed by atoms with Gasteiger partial charge in [-0.1, -0.05) is 20.3 Å². The molecule has 0 bridgehead atoms. The quantitative estimate of drug-likeness (QED) is 0.779. The van der Waals surface area contributed by atoms with Crippen LogP contribution >= 0.6 is 0 Å². The number of aliphatic hydroxyl groups excluding tert-OH is 1. The van der Waals surface area contributed by atoms with Crippen molar-refractivity contribution in [2.45, 2.75) is 39.2 Å². The largest absolute Gasteiger partial charge is 0.392 e. The van der Waals surface area contributed by atoms with Crippen molar-refractivity contribution in [3.05, 3.63) is 18.0 Å². The lowest BCUT2D eigenvalue weighted by atomic mass is 9.96. The molecular formula is C11H20N2O. The highest BCUT2D eigenvalue weighted by atomic mass is 16.3. The van der Waals surface area contributed by atoms with Crippen LogP contribution in [0.4, 0.5) is 0 Å². The Balaban J connectivity index is 2.43. The smallest absolute Gasteiger partial charge is 0.0650 e. The monoisotopic (exact) mass is 196 g/mol. The molecule has 0 saturated carbocycles. The van der Waals surface area contributed by atoms with Crippen molar-refractivity contribution < 1.29 is 5.11 Å². The van der Waals surface area contributed by atoms with Crippen LogP contribution in [0.5, 0.6) is 0 Å². The van der Waals surface area contributed by atoms with Gasteiger partial charge in [-0.15, -0.1) is 0 Å². The average molecular weight is 196 g/mol. The van der Waals surface area contributed by atoms with Gasteiger partial charge in [0.05, 0.1) is 11.8 Å². The van der Waals surface area contributed by atoms with Gasteiger partial charge in [0.2, 0.25) is 0 Å². The van der Waals surface area contributed by atoms with Crippen molar-refractivity contribution >= 4 is 0 Å². The van der Waals surface area contributed by atoms with Gasteiger partial charge in [-0.05, 0) is 18.4 Å². The molecule has 2 atom stereocenters. The predicted molar refractivity (Wildman–Crippen MR) is 57.0 cm³/mol. The van der Waals surface area contributed by atoms with Gasteiger partial charge in [0.25, 0.3) is 0 Å². The summed E-state index contributed by atoms with van der Waals surface area (Å²) in [6.07, 6.45) is 4.52. The number of aromatic nitrogens is 2. The zero-order valence-corrected chi connectivity index (χ0v) is 9.27. The molecule has 0 aliphatic rings. The maximum Gasteiger partial charge on any atom is 0.0650 e. The van der Waals surface area contributed by atoms with Crippen LogP contribution in [-0.2, 0) is 13.5 Å². The second-order valence-corrected chi connectivity index (χ2v) is 4.02. The molecule has 1 rings (SSSR count). The molecule has 0 fully saturated rings. The van der Waals surface area contributed by atoms with Gasteiger partial charge in [0.1, 0.15) is 0 Å². The first-order chi connectivity index (χ1) is 6.63. The molecule has 0 aliphatic carbocycles. The van der Waals surface area contributed by atoms with E-state index in [-0.39, 0.29) is 6.10 Å². The predicted octanol–water partition coefficient (Wildman–Crippen LogP) is 1.76. The lowest BCUT2D eigenvalue weighted by molar-refractivity contribution is 0.110. The maximum atomic E-state index is 9.86. The first kappa shape index (κ1) is 11.2. The normalized spacial score (nSPS) is 15.4. The number of nitrogens with zero attached hydrogens (tertiary/aromatic N) is 2. The van der Waals surface area contributed by atoms with E-state index in [4.69, 9.17) is 0 Å². The van der Waals surface area contributed by atoms with E-state index in [9.17, 15) is 5.11 Å². The van der Waals surface area contributed by atoms with Crippen molar-refractivity contribution in [1.82, 2.24) is 9.78 Å². The van der Waals surface area contributed by atoms with E-state index in [0.717, 1.165) is 18.5 Å². The van der Waals surface area contributed by atoms with Gasteiger partial charge < -0.3 is 5.11 Å². The van der Waals surface area contributed by atoms with E-state index in [2.05, 4.69) is 18.9 Å². The fourth-order valence-corrected chi connectivity index (χ4v) is 1.64. The molecule has 0 saturated heterocycles. The third kappa shape index (κ3) is 3.14. The summed E-state index contributed by atoms with van der Waals surface area (Å²) >= 11 is 0. The number of aryl methyl sites for hydroxylation is 1. The summed E-state index contributed by atoms with van der Waals surface area (Å²) < 4.78 is 1.77. The summed E-state index contributed by atoms with van der Waals surface area (Å²) in [4.78, 5) is 0. The van der Waals surface area contributed by atoms with Gasteiger partial charge in [-0.25, -0.2) is 0 Å². The third-order valence-electron chi connectivity index (χ3n) is 2.59. The number of rotatable bonds is 5. The molecular weight excluding hydrogens is 176 g/mol. The molecule has 1 heterocycles. The molecule has 0 spiro atoms. The third-order valence-corrected chi connectivity index (χ3v) is 2.59. The Morgan fingerprint density at radius 3 is 2.79 bits per heavy atom. The van der Waals surface area contributed by atoms with E-state index in [1.807, 2.05) is 19.3 Å². The van der Waals surface area contributed by atoms with Crippen LogP contribution < -0.4 is 0 Å². The fourth-order valence-electron chi connectivity index (χ4n) is 1.64. The highest BCUT2D eigenvalue weighted by molar-refractivity contribution is 5.00. The summed E-state index contributed by atoms with van der Waals surface area (Å²) in [5.41, 5.74) is 0.975. The molecule has 3 heteroatoms. The highest BCUT2D eigenvalue weighted by Crippen LogP contribution is 2.14. The van der Waals surface area contributed by atoms with Crippen molar-refractivity contribution in [3.63, 3.8) is 0 Å². The van der Waals surface area contributed by atoms with Crippen LogP contribution in [-0.4, -0.2) is 21.0 Å². The molecule has 0 aromatic carbocycles. The lowest BCUT2D eigenvalue weighted by Gasteiger charge is -2.16. The molecule has 0 aliphatic heterocycles. The molecule has 1 N–H and O–H groups in total. The number of aliphatic hydroxyl groups is 1. The fraction of sp³-hybridized carbons (Fsp3) is 0.727. The summed E-state index contributed by atoms with van der Waals surface area (Å²) in [5, 5.41) is 14.1. The molecule has 0 radical (unpaired) electrons. The van der Waals surface area contributed by atoms with Crippen LogP contribution in [0.15, 0.2) is 12.3 Å². The number of hydrogen-bond acceptors (Lipinski definition) is 2. The van der Waals surface area contributed by atoms with E-state index < -0.39 is 0 Å². The van der Waals surface area contributed by atoms with Gasteiger partial charge in [0.15, 0.2) is 0 Å². The maximum absolute atomic E-state index is 9.86. The van der Waals surface area contributed by atoms with E-state index >= 15 is 0 Å². The topological polar surface area (TPSA) is 38.0 Å². The van der Waals surface area contributed by atoms with E-state index in [1.54, 1.807) is 4.68 Å². The van der Waals surface area contributed by atoms with Crippen LogP contribution in [0, 0.1) is 5.92 Å². The van der Waals surface area contributed by atoms with Crippen molar-refractivity contribution in [2.24, 2.45) is 13.0 Å². The summed E-state index contributed by atoms with van der Waals surface area (Å²) in [6.45, 7) is 4.24. The van der Waals surface area contributed by atoms with Crippen molar-refractivity contribution in [3.8, 4) is 0 Å². The Morgan fingerprint density at radius 2 is 2.29 bits per heavy atom. The standard InChI is InChI=1S/C11H20N2O/c1-4-5-9(2)11(14)8-10-6-7-13(3)12-10/h6-7,9,11,14H,4-5,8H2,1-3H3. The van der Waals surface area contributed by atoms with Gasteiger partial charge in [-0.2, -0.15) is 5.10 Å². The van der Waals surface area contributed by atoms with Crippen LogP contribution in [0.2, 0.25) is 0 Å². The van der Waals surface area contributed by atoms with Crippen LogP contribution in [0.3, 0.4) is 0 Å². The Hall–Kier alpha value is -0.830. The first-order valence-corrected chi connectivity index (χ1v) is 5.30. The average Bonchev–Trinajstić information content (AvgIpc) is 2.51. The van der Waals surface area contributed by atoms with Crippen LogP contribution in [0.25, 0.3) is 0 Å². The van der Waals surface area contributed by atoms with Gasteiger partial charge in [0, 0.05) is 19.7 Å². The molecule has 1 aromatic heterocycles. The summed E-state index contributed by atoms with van der Waals surface area (Å²) in [5.74, 6) is 0.363. The van der Waals surface area contributed by atoms with Crippen molar-refractivity contribution in [1.29, 1.82) is 0 Å². The molecule has 0 amide bonds. The zero-order chi connectivity index (χ0) is 10.6. The Kier molecular flexibility index (Phi) is 4.14. The second kappa shape index (κ2) is 5.15. The van der Waals surface area contributed by atoms with Gasteiger partial charge in [-0.3, -0.25) is 4.68 Å². The summed E-state index contributed by atoms with van der Waals surface area (Å²) in [7, 11) is 1.89. The van der Waals surface area contributed by atoms with E-state index in [1.165, 1.54) is 0 Å². The minimum Gasteiger partial charge on any atom is -0.392 e.